The van der Waals surface area contributed by atoms with E-state index >= 15 is 0 Å². The van der Waals surface area contributed by atoms with E-state index in [1.807, 2.05) is 0 Å². The van der Waals surface area contributed by atoms with Gasteiger partial charge in [0, 0.05) is 22.7 Å². The van der Waals surface area contributed by atoms with E-state index in [4.69, 9.17) is 0 Å². The monoisotopic (exact) mass is 371 g/mol. The lowest BCUT2D eigenvalue weighted by atomic mass is 10.1. The van der Waals surface area contributed by atoms with Gasteiger partial charge in [-0.1, -0.05) is 0 Å². The highest BCUT2D eigenvalue weighted by Gasteiger charge is 2.42. The standard InChI is InChI=1S/C14H8F7NOS/c15-10-6(4-22-5-1-2-7(23)8(24)3-5)11(16)13(18)9(12(10)17)14(19,20)21/h1-3,22-24H,4H2. The van der Waals surface area contributed by atoms with Gasteiger partial charge < -0.3 is 10.4 Å². The zero-order valence-corrected chi connectivity index (χ0v) is 12.4. The third-order valence-electron chi connectivity index (χ3n) is 3.08. The highest BCUT2D eigenvalue weighted by atomic mass is 32.1. The number of thiol groups is 1. The van der Waals surface area contributed by atoms with Crippen molar-refractivity contribution in [1.29, 1.82) is 0 Å². The van der Waals surface area contributed by atoms with E-state index in [9.17, 15) is 35.8 Å². The van der Waals surface area contributed by atoms with Gasteiger partial charge in [-0.2, -0.15) is 13.2 Å². The van der Waals surface area contributed by atoms with Gasteiger partial charge in [0.05, 0.1) is 0 Å². The van der Waals surface area contributed by atoms with Gasteiger partial charge >= 0.3 is 6.18 Å². The first kappa shape index (κ1) is 18.2. The van der Waals surface area contributed by atoms with Gasteiger partial charge in [0.2, 0.25) is 0 Å². The Balaban J connectivity index is 2.39. The van der Waals surface area contributed by atoms with Crippen molar-refractivity contribution in [2.24, 2.45) is 0 Å². The zero-order valence-electron chi connectivity index (χ0n) is 11.5. The molecule has 2 rings (SSSR count). The number of hydrogen-bond donors (Lipinski definition) is 3. The van der Waals surface area contributed by atoms with Crippen LogP contribution in [0.25, 0.3) is 0 Å². The quantitative estimate of drug-likeness (QED) is 0.311. The molecule has 0 aliphatic carbocycles. The summed E-state index contributed by atoms with van der Waals surface area (Å²) in [6.07, 6.45) is -5.58. The Kier molecular flexibility index (Phi) is 4.88. The van der Waals surface area contributed by atoms with Crippen molar-refractivity contribution in [2.45, 2.75) is 17.6 Å². The second-order valence-electron chi connectivity index (χ2n) is 4.66. The van der Waals surface area contributed by atoms with E-state index < -0.39 is 47.1 Å². The summed E-state index contributed by atoms with van der Waals surface area (Å²) in [5.74, 6) is -9.50. The number of alkyl halides is 3. The Morgan fingerprint density at radius 3 is 1.96 bits per heavy atom. The van der Waals surface area contributed by atoms with Gasteiger partial charge in [-0.3, -0.25) is 0 Å². The summed E-state index contributed by atoms with van der Waals surface area (Å²) in [6.45, 7) is -0.832. The third-order valence-corrected chi connectivity index (χ3v) is 3.44. The Labute approximate surface area is 136 Å². The fourth-order valence-corrected chi connectivity index (χ4v) is 2.12. The van der Waals surface area contributed by atoms with E-state index in [-0.39, 0.29) is 16.3 Å². The summed E-state index contributed by atoms with van der Waals surface area (Å²) in [5.41, 5.74) is -3.69. The fraction of sp³-hybridized carbons (Fsp3) is 0.143. The number of aromatic hydroxyl groups is 1. The maximum atomic E-state index is 13.7. The topological polar surface area (TPSA) is 32.3 Å². The summed E-state index contributed by atoms with van der Waals surface area (Å²) >= 11 is 3.88. The molecule has 10 heteroatoms. The minimum Gasteiger partial charge on any atom is -0.507 e. The minimum atomic E-state index is -5.58. The van der Waals surface area contributed by atoms with Crippen LogP contribution in [0.5, 0.6) is 5.75 Å². The van der Waals surface area contributed by atoms with Crippen molar-refractivity contribution in [2.75, 3.05) is 5.32 Å². The molecular weight excluding hydrogens is 363 g/mol. The molecular formula is C14H8F7NOS. The van der Waals surface area contributed by atoms with Crippen LogP contribution in [-0.2, 0) is 12.7 Å². The lowest BCUT2D eigenvalue weighted by Crippen LogP contribution is -2.18. The first-order valence-electron chi connectivity index (χ1n) is 6.22. The number of phenolic OH excluding ortho intramolecular Hbond substituents is 1. The minimum absolute atomic E-state index is 0.103. The average Bonchev–Trinajstić information content (AvgIpc) is 2.47. The van der Waals surface area contributed by atoms with Gasteiger partial charge in [-0.05, 0) is 18.2 Å². The highest BCUT2D eigenvalue weighted by molar-refractivity contribution is 7.80. The van der Waals surface area contributed by atoms with Crippen LogP contribution in [-0.4, -0.2) is 5.11 Å². The smallest absolute Gasteiger partial charge is 0.422 e. The predicted molar refractivity (Wildman–Crippen MR) is 74.0 cm³/mol. The Morgan fingerprint density at radius 2 is 1.50 bits per heavy atom. The summed E-state index contributed by atoms with van der Waals surface area (Å²) in [6, 6.07) is 3.69. The summed E-state index contributed by atoms with van der Waals surface area (Å²) in [4.78, 5) is 0.103. The van der Waals surface area contributed by atoms with E-state index in [1.165, 1.54) is 18.2 Å². The van der Waals surface area contributed by atoms with Crippen molar-refractivity contribution in [3.63, 3.8) is 0 Å². The van der Waals surface area contributed by atoms with E-state index in [0.29, 0.717) is 0 Å². The number of rotatable bonds is 3. The number of nitrogens with one attached hydrogen (secondary N) is 1. The fourth-order valence-electron chi connectivity index (χ4n) is 1.91. The second-order valence-corrected chi connectivity index (χ2v) is 5.15. The van der Waals surface area contributed by atoms with Crippen LogP contribution in [0.15, 0.2) is 23.1 Å². The molecule has 0 spiro atoms. The van der Waals surface area contributed by atoms with Crippen LogP contribution < -0.4 is 5.32 Å². The first-order valence-corrected chi connectivity index (χ1v) is 6.66. The van der Waals surface area contributed by atoms with Crippen molar-refractivity contribution in [3.05, 3.63) is 52.6 Å². The van der Waals surface area contributed by atoms with Gasteiger partial charge in [-0.25, -0.2) is 17.6 Å². The predicted octanol–water partition coefficient (Wildman–Crippen LogP) is 4.87. The van der Waals surface area contributed by atoms with Crippen molar-refractivity contribution in [3.8, 4) is 5.75 Å². The number of hydrogen-bond acceptors (Lipinski definition) is 3. The molecule has 0 unspecified atom stereocenters. The molecule has 0 aliphatic heterocycles. The normalized spacial score (nSPS) is 11.7. The lowest BCUT2D eigenvalue weighted by Gasteiger charge is -2.15. The summed E-state index contributed by atoms with van der Waals surface area (Å²) in [7, 11) is 0. The lowest BCUT2D eigenvalue weighted by molar-refractivity contribution is -0.143. The van der Waals surface area contributed by atoms with Gasteiger partial charge in [-0.15, -0.1) is 12.6 Å². The number of halogens is 7. The SMILES string of the molecule is Oc1ccc(NCc2c(F)c(F)c(C(F)(F)F)c(F)c2F)cc1S. The molecule has 0 heterocycles. The molecule has 24 heavy (non-hydrogen) atoms. The number of phenols is 1. The van der Waals surface area contributed by atoms with Gasteiger partial charge in [0.25, 0.3) is 0 Å². The van der Waals surface area contributed by atoms with Crippen molar-refractivity contribution < 1.29 is 35.8 Å². The van der Waals surface area contributed by atoms with Crippen LogP contribution in [0.2, 0.25) is 0 Å². The van der Waals surface area contributed by atoms with E-state index in [1.54, 1.807) is 0 Å². The molecule has 0 aliphatic rings. The Morgan fingerprint density at radius 1 is 0.958 bits per heavy atom. The second kappa shape index (κ2) is 6.42. The zero-order chi connectivity index (χ0) is 18.2. The molecule has 2 N–H and O–H groups in total. The largest absolute Gasteiger partial charge is 0.507 e. The molecule has 0 atom stereocenters. The molecule has 2 nitrogen and oxygen atoms in total. The molecule has 0 amide bonds. The molecule has 130 valence electrons. The molecule has 2 aromatic rings. The molecule has 0 saturated carbocycles. The van der Waals surface area contributed by atoms with E-state index in [0.717, 1.165) is 0 Å². The molecule has 0 radical (unpaired) electrons. The highest BCUT2D eigenvalue weighted by Crippen LogP contribution is 2.37. The molecule has 2 aromatic carbocycles. The summed E-state index contributed by atoms with van der Waals surface area (Å²) < 4.78 is 91.8. The van der Waals surface area contributed by atoms with E-state index in [2.05, 4.69) is 17.9 Å². The molecule has 0 aromatic heterocycles. The Hall–Kier alpha value is -2.10. The maximum absolute atomic E-state index is 13.7. The van der Waals surface area contributed by atoms with Crippen LogP contribution in [0.3, 0.4) is 0 Å². The van der Waals surface area contributed by atoms with Gasteiger partial charge in [0.1, 0.15) is 11.3 Å². The maximum Gasteiger partial charge on any atom is 0.422 e. The number of benzene rings is 2. The third kappa shape index (κ3) is 3.37. The molecule has 0 saturated heterocycles. The number of anilines is 1. The summed E-state index contributed by atoms with van der Waals surface area (Å²) in [5, 5.41) is 11.6. The van der Waals surface area contributed by atoms with Gasteiger partial charge in [0.15, 0.2) is 23.3 Å². The molecule has 0 bridgehead atoms. The van der Waals surface area contributed by atoms with Crippen LogP contribution in [0.4, 0.5) is 36.4 Å². The van der Waals surface area contributed by atoms with Crippen LogP contribution in [0, 0.1) is 23.3 Å². The first-order chi connectivity index (χ1) is 11.0. The van der Waals surface area contributed by atoms with Crippen molar-refractivity contribution >= 4 is 18.3 Å². The Bertz CT molecular complexity index is 763. The molecule has 0 fully saturated rings. The average molecular weight is 371 g/mol. The van der Waals surface area contributed by atoms with Crippen LogP contribution in [0.1, 0.15) is 11.1 Å². The van der Waals surface area contributed by atoms with Crippen LogP contribution >= 0.6 is 12.6 Å². The van der Waals surface area contributed by atoms with Crippen molar-refractivity contribution in [1.82, 2.24) is 0 Å².